The Bertz CT molecular complexity index is 981. The van der Waals surface area contributed by atoms with E-state index in [0.29, 0.717) is 24.9 Å². The van der Waals surface area contributed by atoms with E-state index in [0.717, 1.165) is 55.2 Å². The van der Waals surface area contributed by atoms with Crippen molar-refractivity contribution in [3.63, 3.8) is 0 Å². The fourth-order valence-corrected chi connectivity index (χ4v) is 6.60. The fourth-order valence-electron chi connectivity index (χ4n) is 5.41. The minimum absolute atomic E-state index is 0.0980. The Balaban J connectivity index is 0.000000168. The third-order valence-corrected chi connectivity index (χ3v) is 9.02. The third kappa shape index (κ3) is 5.71. The quantitative estimate of drug-likeness (QED) is 0.422. The number of alkyl halides is 3. The molecule has 35 heavy (non-hydrogen) atoms. The first-order valence-corrected chi connectivity index (χ1v) is 13.4. The number of hydrogen-bond acceptors (Lipinski definition) is 5. The number of nitrogens with zero attached hydrogens (tertiary/aromatic N) is 2. The van der Waals surface area contributed by atoms with Crippen molar-refractivity contribution in [3.8, 4) is 0 Å². The van der Waals surface area contributed by atoms with Gasteiger partial charge in [0.1, 0.15) is 5.60 Å². The summed E-state index contributed by atoms with van der Waals surface area (Å²) < 4.78 is 43.1. The summed E-state index contributed by atoms with van der Waals surface area (Å²) in [6.45, 7) is 6.96. The van der Waals surface area contributed by atoms with Crippen molar-refractivity contribution in [2.24, 2.45) is 0 Å². The number of amides is 1. The van der Waals surface area contributed by atoms with Crippen LogP contribution in [0.1, 0.15) is 56.2 Å². The summed E-state index contributed by atoms with van der Waals surface area (Å²) in [5.74, 6) is 2.51. The average molecular weight is 511 g/mol. The maximum absolute atomic E-state index is 12.5. The van der Waals surface area contributed by atoms with E-state index < -0.39 is 11.7 Å². The second-order valence-corrected chi connectivity index (χ2v) is 11.0. The molecule has 5 rings (SSSR count). The van der Waals surface area contributed by atoms with E-state index >= 15 is 0 Å². The van der Waals surface area contributed by atoms with Gasteiger partial charge >= 0.3 is 12.1 Å². The van der Waals surface area contributed by atoms with Crippen LogP contribution >= 0.6 is 11.8 Å². The van der Waals surface area contributed by atoms with E-state index in [4.69, 9.17) is 4.74 Å². The second-order valence-electron chi connectivity index (χ2n) is 9.85. The molecule has 5 nitrogen and oxygen atoms in total. The number of thioether (sulfide) groups is 1. The predicted octanol–water partition coefficient (Wildman–Crippen LogP) is 4.83. The van der Waals surface area contributed by atoms with E-state index in [1.165, 1.54) is 40.9 Å². The van der Waals surface area contributed by atoms with Gasteiger partial charge in [-0.05, 0) is 67.7 Å². The maximum Gasteiger partial charge on any atom is 0.416 e. The van der Waals surface area contributed by atoms with Crippen molar-refractivity contribution in [2.45, 2.75) is 70.3 Å². The molecular formula is C26H33F3N2O3S. The highest BCUT2D eigenvalue weighted by atomic mass is 32.2. The zero-order valence-corrected chi connectivity index (χ0v) is 21.1. The van der Waals surface area contributed by atoms with Crippen molar-refractivity contribution in [1.29, 1.82) is 0 Å². The topological polar surface area (TPSA) is 49.9 Å². The normalized spacial score (nSPS) is 24.5. The molecule has 2 saturated heterocycles. The molecular weight excluding hydrogens is 477 g/mol. The van der Waals surface area contributed by atoms with E-state index in [2.05, 4.69) is 23.6 Å². The molecule has 0 saturated carbocycles. The number of halogens is 3. The van der Waals surface area contributed by atoms with E-state index in [1.54, 1.807) is 0 Å². The molecule has 1 spiro atoms. The molecule has 9 heteroatoms. The van der Waals surface area contributed by atoms with Gasteiger partial charge in [-0.25, -0.2) is 4.79 Å². The molecule has 4 aliphatic heterocycles. The largest absolute Gasteiger partial charge is 0.451 e. The molecule has 2 fully saturated rings. The number of carbonyl (C=O) groups excluding carboxylic acids is 2. The summed E-state index contributed by atoms with van der Waals surface area (Å²) in [5, 5.41) is 0. The summed E-state index contributed by atoms with van der Waals surface area (Å²) in [6.07, 6.45) is 1.61. The van der Waals surface area contributed by atoms with Crippen LogP contribution in [0.15, 0.2) is 29.3 Å². The highest BCUT2D eigenvalue weighted by molar-refractivity contribution is 7.99. The van der Waals surface area contributed by atoms with Gasteiger partial charge in [0.15, 0.2) is 0 Å². The highest BCUT2D eigenvalue weighted by Crippen LogP contribution is 2.41. The number of esters is 1. The minimum Gasteiger partial charge on any atom is -0.451 e. The van der Waals surface area contributed by atoms with E-state index in [9.17, 15) is 22.8 Å². The summed E-state index contributed by atoms with van der Waals surface area (Å²) >= 11 is 2.09. The van der Waals surface area contributed by atoms with Crippen molar-refractivity contribution in [2.75, 3.05) is 31.1 Å². The molecule has 0 aromatic heterocycles. The molecule has 4 heterocycles. The van der Waals surface area contributed by atoms with E-state index in [1.807, 2.05) is 6.92 Å². The van der Waals surface area contributed by atoms with Gasteiger partial charge in [-0.3, -0.25) is 9.69 Å². The van der Waals surface area contributed by atoms with Crippen LogP contribution in [0.25, 0.3) is 0 Å². The zero-order chi connectivity index (χ0) is 25.2. The first kappa shape index (κ1) is 26.1. The third-order valence-electron chi connectivity index (χ3n) is 7.82. The Morgan fingerprint density at radius 1 is 1.14 bits per heavy atom. The molecule has 0 N–H and O–H groups in total. The maximum atomic E-state index is 12.5. The van der Waals surface area contributed by atoms with Gasteiger partial charge in [0.2, 0.25) is 6.41 Å². The van der Waals surface area contributed by atoms with Crippen LogP contribution in [0.3, 0.4) is 0 Å². The molecule has 192 valence electrons. The van der Waals surface area contributed by atoms with Gasteiger partial charge in [0, 0.05) is 56.4 Å². The first-order chi connectivity index (χ1) is 16.6. The van der Waals surface area contributed by atoms with E-state index in [-0.39, 0.29) is 18.1 Å². The Hall–Kier alpha value is -2.00. The van der Waals surface area contributed by atoms with Crippen LogP contribution in [-0.4, -0.2) is 65.0 Å². The van der Waals surface area contributed by atoms with Crippen LogP contribution in [-0.2, 0) is 33.5 Å². The van der Waals surface area contributed by atoms with Gasteiger partial charge in [-0.15, -0.1) is 0 Å². The van der Waals surface area contributed by atoms with Gasteiger partial charge in [-0.1, -0.05) is 6.07 Å². The van der Waals surface area contributed by atoms with Crippen LogP contribution in [0.5, 0.6) is 0 Å². The van der Waals surface area contributed by atoms with Gasteiger partial charge < -0.3 is 9.64 Å². The molecule has 4 aliphatic rings. The number of benzene rings is 1. The Morgan fingerprint density at radius 3 is 2.46 bits per heavy atom. The number of likely N-dealkylation sites (tertiary alicyclic amines) is 1. The lowest BCUT2D eigenvalue weighted by atomic mass is 9.83. The monoisotopic (exact) mass is 510 g/mol. The van der Waals surface area contributed by atoms with Crippen LogP contribution < -0.4 is 0 Å². The summed E-state index contributed by atoms with van der Waals surface area (Å²) in [7, 11) is 0. The molecule has 1 amide bonds. The predicted molar refractivity (Wildman–Crippen MR) is 130 cm³/mol. The number of fused-ring (bicyclic) bond motifs is 1. The summed E-state index contributed by atoms with van der Waals surface area (Å²) in [6, 6.07) is 4.47. The molecule has 1 aromatic carbocycles. The lowest BCUT2D eigenvalue weighted by Gasteiger charge is -2.43. The summed E-state index contributed by atoms with van der Waals surface area (Å²) in [4.78, 5) is 26.4. The number of ether oxygens (including phenoxy) is 1. The van der Waals surface area contributed by atoms with Gasteiger partial charge in [0.05, 0.1) is 5.56 Å². The molecule has 1 aromatic rings. The fraction of sp³-hybridized carbons (Fsp3) is 0.615. The van der Waals surface area contributed by atoms with Crippen LogP contribution in [0, 0.1) is 0 Å². The smallest absolute Gasteiger partial charge is 0.416 e. The molecule has 0 bridgehead atoms. The number of hydrogen-bond donors (Lipinski definition) is 0. The van der Waals surface area contributed by atoms with Crippen LogP contribution in [0.4, 0.5) is 13.2 Å². The molecule has 0 radical (unpaired) electrons. The number of rotatable bonds is 2. The first-order valence-electron chi connectivity index (χ1n) is 12.2. The molecule has 0 aliphatic carbocycles. The second kappa shape index (κ2) is 10.5. The summed E-state index contributed by atoms with van der Waals surface area (Å²) in [5.41, 5.74) is 2.58. The lowest BCUT2D eigenvalue weighted by molar-refractivity contribution is -0.150. The van der Waals surface area contributed by atoms with Crippen molar-refractivity contribution >= 4 is 24.1 Å². The average Bonchev–Trinajstić information content (AvgIpc) is 3.07. The Labute approximate surface area is 209 Å². The van der Waals surface area contributed by atoms with Crippen molar-refractivity contribution in [3.05, 3.63) is 46.0 Å². The Morgan fingerprint density at radius 2 is 1.89 bits per heavy atom. The zero-order valence-electron chi connectivity index (χ0n) is 20.3. The highest BCUT2D eigenvalue weighted by Gasteiger charge is 2.46. The lowest BCUT2D eigenvalue weighted by Crippen LogP contribution is -2.50. The molecule has 1 atom stereocenters. The van der Waals surface area contributed by atoms with Crippen molar-refractivity contribution < 1.29 is 27.5 Å². The standard InChI is InChI=1S/C15H23NO2S.C11H10F3NO/c1-11-12(2)15(18-14(11)17)5-7-16(8-6-15)13-4-3-9-19-10-13;12-11(13,14)10-2-1-8-3-4-15(7-16)6-9(8)5-10/h13H,3-10H2,1-2H3;1-2,5,7H,3-4,6H2. The minimum atomic E-state index is -4.32. The number of carbonyl (C=O) groups is 2. The van der Waals surface area contributed by atoms with Crippen molar-refractivity contribution in [1.82, 2.24) is 9.80 Å². The SMILES string of the molecule is CC1=C(C)C2(CCN(C3CCCSC3)CC2)OC1=O.O=CN1CCc2ccc(C(F)(F)F)cc2C1. The van der Waals surface area contributed by atoms with Gasteiger partial charge in [0.25, 0.3) is 0 Å². The molecule has 1 unspecified atom stereocenters. The Kier molecular flexibility index (Phi) is 7.86. The van der Waals surface area contributed by atoms with Gasteiger partial charge in [-0.2, -0.15) is 24.9 Å². The van der Waals surface area contributed by atoms with Crippen LogP contribution in [0.2, 0.25) is 0 Å². The number of piperidine rings is 1.